The van der Waals surface area contributed by atoms with Crippen molar-refractivity contribution in [1.82, 2.24) is 4.90 Å². The number of hydrogen-bond acceptors (Lipinski definition) is 3. The summed E-state index contributed by atoms with van der Waals surface area (Å²) in [4.78, 5) is 4.00. The van der Waals surface area contributed by atoms with E-state index in [1.165, 1.54) is 60.5 Å². The largest absolute Gasteiger partial charge is 0.492 e. The van der Waals surface area contributed by atoms with E-state index < -0.39 is 0 Å². The Morgan fingerprint density at radius 1 is 1.00 bits per heavy atom. The van der Waals surface area contributed by atoms with Gasteiger partial charge in [0, 0.05) is 6.54 Å². The molecule has 0 bridgehead atoms. The third kappa shape index (κ3) is 4.44. The molecule has 0 saturated carbocycles. The number of ether oxygens (including phenoxy) is 1. The Kier molecular flexibility index (Phi) is 6.18. The third-order valence-electron chi connectivity index (χ3n) is 5.63. The molecule has 2 aromatic carbocycles. The quantitative estimate of drug-likeness (QED) is 0.637. The second kappa shape index (κ2) is 8.96. The predicted molar refractivity (Wildman–Crippen MR) is 110 cm³/mol. The van der Waals surface area contributed by atoms with Crippen LogP contribution in [0.25, 0.3) is 0 Å². The SMILES string of the molecule is c1ccc(C2CCN(CCCOc3cccc4c3SCCC4)CC2)cc1. The first-order chi connectivity index (χ1) is 12.9. The molecule has 0 aromatic heterocycles. The van der Waals surface area contributed by atoms with Gasteiger partial charge in [0.15, 0.2) is 0 Å². The summed E-state index contributed by atoms with van der Waals surface area (Å²) >= 11 is 1.96. The Morgan fingerprint density at radius 2 is 1.85 bits per heavy atom. The molecule has 2 aliphatic rings. The van der Waals surface area contributed by atoms with Crippen molar-refractivity contribution in [3.8, 4) is 5.75 Å². The number of hydrogen-bond donors (Lipinski definition) is 0. The highest BCUT2D eigenvalue weighted by molar-refractivity contribution is 7.99. The van der Waals surface area contributed by atoms with Crippen LogP contribution in [0.5, 0.6) is 5.75 Å². The van der Waals surface area contributed by atoms with Gasteiger partial charge in [-0.15, -0.1) is 11.8 Å². The van der Waals surface area contributed by atoms with Crippen molar-refractivity contribution >= 4 is 11.8 Å². The minimum Gasteiger partial charge on any atom is -0.492 e. The Labute approximate surface area is 161 Å². The summed E-state index contributed by atoms with van der Waals surface area (Å²) in [6.07, 6.45) is 6.18. The highest BCUT2D eigenvalue weighted by Gasteiger charge is 2.20. The van der Waals surface area contributed by atoms with Gasteiger partial charge in [0.2, 0.25) is 0 Å². The lowest BCUT2D eigenvalue weighted by atomic mass is 9.89. The zero-order valence-corrected chi connectivity index (χ0v) is 16.3. The fraction of sp³-hybridized carbons (Fsp3) is 0.478. The molecule has 2 aliphatic heterocycles. The highest BCUT2D eigenvalue weighted by atomic mass is 32.2. The number of thioether (sulfide) groups is 1. The van der Waals surface area contributed by atoms with Crippen molar-refractivity contribution in [2.45, 2.75) is 42.9 Å². The van der Waals surface area contributed by atoms with Gasteiger partial charge in [-0.25, -0.2) is 0 Å². The molecular weight excluding hydrogens is 338 g/mol. The Hall–Kier alpha value is -1.45. The minimum atomic E-state index is 0.747. The zero-order valence-electron chi connectivity index (χ0n) is 15.5. The van der Waals surface area contributed by atoms with Crippen LogP contribution in [0.3, 0.4) is 0 Å². The van der Waals surface area contributed by atoms with Crippen molar-refractivity contribution in [2.24, 2.45) is 0 Å². The first-order valence-corrected chi connectivity index (χ1v) is 11.0. The summed E-state index contributed by atoms with van der Waals surface area (Å²) in [6.45, 7) is 4.42. The van der Waals surface area contributed by atoms with Gasteiger partial charge >= 0.3 is 0 Å². The smallest absolute Gasteiger partial charge is 0.133 e. The van der Waals surface area contributed by atoms with Crippen molar-refractivity contribution in [2.75, 3.05) is 32.0 Å². The lowest BCUT2D eigenvalue weighted by molar-refractivity contribution is 0.192. The molecule has 1 fully saturated rings. The Morgan fingerprint density at radius 3 is 2.69 bits per heavy atom. The van der Waals surface area contributed by atoms with E-state index in [9.17, 15) is 0 Å². The average Bonchev–Trinajstić information content (AvgIpc) is 2.72. The minimum absolute atomic E-state index is 0.747. The molecule has 0 unspecified atom stereocenters. The maximum absolute atomic E-state index is 6.14. The highest BCUT2D eigenvalue weighted by Crippen LogP contribution is 2.37. The molecule has 2 heterocycles. The van der Waals surface area contributed by atoms with Crippen LogP contribution in [0.15, 0.2) is 53.4 Å². The van der Waals surface area contributed by atoms with Gasteiger partial charge in [0.05, 0.1) is 11.5 Å². The molecule has 1 saturated heterocycles. The van der Waals surface area contributed by atoms with Gasteiger partial charge in [-0.2, -0.15) is 0 Å². The lowest BCUT2D eigenvalue weighted by Crippen LogP contribution is -2.34. The van der Waals surface area contributed by atoms with Crippen molar-refractivity contribution in [3.05, 3.63) is 59.7 Å². The summed E-state index contributed by atoms with van der Waals surface area (Å²) in [7, 11) is 0. The topological polar surface area (TPSA) is 12.5 Å². The molecule has 2 aromatic rings. The van der Waals surface area contributed by atoms with E-state index in [4.69, 9.17) is 4.74 Å². The van der Waals surface area contributed by atoms with E-state index in [0.717, 1.165) is 31.2 Å². The van der Waals surface area contributed by atoms with Crippen molar-refractivity contribution in [1.29, 1.82) is 0 Å². The molecular formula is C23H29NOS. The molecule has 0 aliphatic carbocycles. The molecule has 138 valence electrons. The van der Waals surface area contributed by atoms with E-state index in [1.54, 1.807) is 0 Å². The first kappa shape index (κ1) is 17.9. The van der Waals surface area contributed by atoms with E-state index in [-0.39, 0.29) is 0 Å². The molecule has 0 amide bonds. The molecule has 26 heavy (non-hydrogen) atoms. The molecule has 2 nitrogen and oxygen atoms in total. The van der Waals surface area contributed by atoms with Gasteiger partial charge in [-0.05, 0) is 74.1 Å². The number of aryl methyl sites for hydroxylation is 1. The lowest BCUT2D eigenvalue weighted by Gasteiger charge is -2.32. The van der Waals surface area contributed by atoms with Crippen LogP contribution in [0.2, 0.25) is 0 Å². The van der Waals surface area contributed by atoms with Crippen LogP contribution in [0.4, 0.5) is 0 Å². The van der Waals surface area contributed by atoms with Crippen LogP contribution < -0.4 is 4.74 Å². The van der Waals surface area contributed by atoms with Crippen LogP contribution in [-0.4, -0.2) is 36.9 Å². The van der Waals surface area contributed by atoms with Crippen LogP contribution in [-0.2, 0) is 6.42 Å². The molecule has 0 spiro atoms. The standard InChI is InChI=1S/C23H29NOS/c1-2-7-19(8-3-1)20-12-15-24(16-13-20)14-6-17-25-22-11-4-9-21-10-5-18-26-23(21)22/h1-4,7-9,11,20H,5-6,10,12-18H2. The van der Waals surface area contributed by atoms with Crippen molar-refractivity contribution in [3.63, 3.8) is 0 Å². The van der Waals surface area contributed by atoms with Crippen LogP contribution in [0, 0.1) is 0 Å². The van der Waals surface area contributed by atoms with Gasteiger partial charge in [0.1, 0.15) is 5.75 Å². The Balaban J connectivity index is 1.19. The number of benzene rings is 2. The van der Waals surface area contributed by atoms with E-state index in [0.29, 0.717) is 0 Å². The summed E-state index contributed by atoms with van der Waals surface area (Å²) in [5.41, 5.74) is 2.99. The number of rotatable bonds is 6. The number of nitrogens with zero attached hydrogens (tertiary/aromatic N) is 1. The molecule has 3 heteroatoms. The maximum atomic E-state index is 6.14. The monoisotopic (exact) mass is 367 g/mol. The van der Waals surface area contributed by atoms with E-state index >= 15 is 0 Å². The normalized spacial score (nSPS) is 18.5. The summed E-state index contributed by atoms with van der Waals surface area (Å²) in [5, 5.41) is 0. The van der Waals surface area contributed by atoms with E-state index in [2.05, 4.69) is 53.4 Å². The first-order valence-electron chi connectivity index (χ1n) is 10.0. The summed E-state index contributed by atoms with van der Waals surface area (Å²) < 4.78 is 6.14. The van der Waals surface area contributed by atoms with Crippen LogP contribution >= 0.6 is 11.8 Å². The molecule has 0 N–H and O–H groups in total. The fourth-order valence-corrected chi connectivity index (χ4v) is 5.28. The van der Waals surface area contributed by atoms with E-state index in [1.807, 2.05) is 11.8 Å². The number of fused-ring (bicyclic) bond motifs is 1. The molecule has 0 radical (unpaired) electrons. The average molecular weight is 368 g/mol. The molecule has 0 atom stereocenters. The predicted octanol–water partition coefficient (Wildman–Crippen LogP) is 5.37. The number of likely N-dealkylation sites (tertiary alicyclic amines) is 1. The third-order valence-corrected chi connectivity index (χ3v) is 6.88. The molecule has 4 rings (SSSR count). The number of piperidine rings is 1. The zero-order chi connectivity index (χ0) is 17.6. The van der Waals surface area contributed by atoms with Gasteiger partial charge in [0.25, 0.3) is 0 Å². The second-order valence-corrected chi connectivity index (χ2v) is 8.53. The fourth-order valence-electron chi connectivity index (χ4n) is 4.16. The van der Waals surface area contributed by atoms with Crippen molar-refractivity contribution < 1.29 is 4.74 Å². The second-order valence-electron chi connectivity index (χ2n) is 7.43. The summed E-state index contributed by atoms with van der Waals surface area (Å²) in [6, 6.07) is 17.6. The van der Waals surface area contributed by atoms with Gasteiger partial charge < -0.3 is 9.64 Å². The maximum Gasteiger partial charge on any atom is 0.133 e. The van der Waals surface area contributed by atoms with Gasteiger partial charge in [-0.1, -0.05) is 42.5 Å². The van der Waals surface area contributed by atoms with Crippen LogP contribution in [0.1, 0.15) is 42.7 Å². The summed E-state index contributed by atoms with van der Waals surface area (Å²) in [5.74, 6) is 3.08. The van der Waals surface area contributed by atoms with Gasteiger partial charge in [-0.3, -0.25) is 0 Å². The Bertz CT molecular complexity index is 695.